The lowest BCUT2D eigenvalue weighted by atomic mass is 10.0. The second kappa shape index (κ2) is 9.25. The number of amides is 1. The Labute approximate surface area is 126 Å². The summed E-state index contributed by atoms with van der Waals surface area (Å²) in [6, 6.07) is 0. The number of alkyl carbamates (subject to hydrolysis) is 1. The fraction of sp³-hybridized carbons (Fsp3) is 0.667. The van der Waals surface area contributed by atoms with Gasteiger partial charge in [0.05, 0.1) is 19.8 Å². The maximum absolute atomic E-state index is 11.9. The summed E-state index contributed by atoms with van der Waals surface area (Å²) in [6.07, 6.45) is 9.51. The second-order valence-electron chi connectivity index (χ2n) is 5.46. The van der Waals surface area contributed by atoms with Crippen molar-refractivity contribution >= 4 is 6.09 Å². The lowest BCUT2D eigenvalue weighted by molar-refractivity contribution is -0.0166. The molecular weight excluding hydrogens is 274 g/mol. The molecule has 0 aromatic carbocycles. The smallest absolute Gasteiger partial charge is 0.408 e. The predicted octanol–water partition coefficient (Wildman–Crippen LogP) is 0.542. The number of nitrogens with one attached hydrogen (secondary N) is 1. The number of carbonyl (C=O) groups is 1. The van der Waals surface area contributed by atoms with Gasteiger partial charge in [-0.25, -0.2) is 4.79 Å². The first-order valence-electron chi connectivity index (χ1n) is 6.43. The summed E-state index contributed by atoms with van der Waals surface area (Å²) in [5.74, 6) is 4.60. The van der Waals surface area contributed by atoms with Crippen LogP contribution in [0.2, 0.25) is 0 Å². The average molecular weight is 297 g/mol. The van der Waals surface area contributed by atoms with Crippen LogP contribution in [-0.2, 0) is 14.2 Å². The normalized spacial score (nSPS) is 11.3. The molecule has 0 atom stereocenters. The third kappa shape index (κ3) is 8.93. The highest BCUT2D eigenvalue weighted by Gasteiger charge is 2.34. The van der Waals surface area contributed by atoms with Gasteiger partial charge in [-0.05, 0) is 20.8 Å². The molecule has 0 fully saturated rings. The lowest BCUT2D eigenvalue weighted by Gasteiger charge is -2.33. The monoisotopic (exact) mass is 297 g/mol. The van der Waals surface area contributed by atoms with E-state index in [1.165, 1.54) is 0 Å². The Hall–Kier alpha value is -1.73. The molecule has 0 aliphatic carbocycles. The number of carbonyl (C=O) groups excluding carboxylic acids is 1. The third-order valence-corrected chi connectivity index (χ3v) is 2.20. The predicted molar refractivity (Wildman–Crippen MR) is 78.5 cm³/mol. The van der Waals surface area contributed by atoms with Crippen LogP contribution in [0.5, 0.6) is 0 Å². The molecular formula is C15H23NO5. The molecule has 0 unspecified atom stereocenters. The maximum Gasteiger partial charge on any atom is 0.408 e. The van der Waals surface area contributed by atoms with Gasteiger partial charge in [-0.1, -0.05) is 11.8 Å². The zero-order valence-corrected chi connectivity index (χ0v) is 12.8. The quantitative estimate of drug-likeness (QED) is 0.505. The van der Waals surface area contributed by atoms with Crippen LogP contribution in [0.1, 0.15) is 20.8 Å². The Kier molecular flexibility index (Phi) is 8.49. The van der Waals surface area contributed by atoms with E-state index in [0.29, 0.717) is 0 Å². The summed E-state index contributed by atoms with van der Waals surface area (Å²) in [5.41, 5.74) is -1.83. The molecule has 0 rings (SSSR count). The third-order valence-electron chi connectivity index (χ3n) is 2.20. The first-order valence-corrected chi connectivity index (χ1v) is 6.43. The number of ether oxygens (including phenoxy) is 3. The maximum atomic E-state index is 11.9. The van der Waals surface area contributed by atoms with E-state index in [1.54, 1.807) is 20.8 Å². The van der Waals surface area contributed by atoms with Crippen molar-refractivity contribution in [2.24, 2.45) is 0 Å². The van der Waals surface area contributed by atoms with Gasteiger partial charge in [0, 0.05) is 0 Å². The van der Waals surface area contributed by atoms with Crippen LogP contribution in [0.15, 0.2) is 0 Å². The van der Waals surface area contributed by atoms with Crippen LogP contribution in [0, 0.1) is 24.7 Å². The van der Waals surface area contributed by atoms with Crippen molar-refractivity contribution in [1.82, 2.24) is 5.32 Å². The first-order chi connectivity index (χ1) is 9.78. The van der Waals surface area contributed by atoms with E-state index in [0.717, 1.165) is 0 Å². The second-order valence-corrected chi connectivity index (χ2v) is 5.46. The lowest BCUT2D eigenvalue weighted by Crippen LogP contribution is -2.58. The molecule has 0 radical (unpaired) electrons. The van der Waals surface area contributed by atoms with Gasteiger partial charge in [0.2, 0.25) is 0 Å². The minimum Gasteiger partial charge on any atom is -0.444 e. The number of terminal acetylenes is 2. The van der Waals surface area contributed by atoms with Gasteiger partial charge in [-0.3, -0.25) is 0 Å². The van der Waals surface area contributed by atoms with Crippen LogP contribution in [0.3, 0.4) is 0 Å². The summed E-state index contributed by atoms with van der Waals surface area (Å²) in [5, 5.41) is 12.1. The average Bonchev–Trinajstić information content (AvgIpc) is 2.36. The van der Waals surface area contributed by atoms with Crippen LogP contribution in [0.25, 0.3) is 0 Å². The van der Waals surface area contributed by atoms with Gasteiger partial charge in [-0.15, -0.1) is 12.8 Å². The molecule has 0 heterocycles. The Morgan fingerprint density at radius 3 is 1.95 bits per heavy atom. The number of hydrogen-bond acceptors (Lipinski definition) is 5. The van der Waals surface area contributed by atoms with E-state index in [1.807, 2.05) is 0 Å². The molecule has 0 aromatic heterocycles. The largest absolute Gasteiger partial charge is 0.444 e. The Bertz CT molecular complexity index is 380. The molecule has 1 amide bonds. The summed E-state index contributed by atoms with van der Waals surface area (Å²) >= 11 is 0. The van der Waals surface area contributed by atoms with E-state index in [2.05, 4.69) is 17.2 Å². The standard InChI is InChI=1S/C15H23NO5/c1-6-8-19-11-15(10-17,12-20-9-7-2)16-13(18)21-14(3,4)5/h1-2,17H,8-12H2,3-5H3,(H,16,18). The number of aliphatic hydroxyl groups excluding tert-OH is 1. The molecule has 0 bridgehead atoms. The summed E-state index contributed by atoms with van der Waals surface area (Å²) < 4.78 is 15.6. The van der Waals surface area contributed by atoms with Crippen molar-refractivity contribution in [2.75, 3.05) is 33.0 Å². The van der Waals surface area contributed by atoms with E-state index in [4.69, 9.17) is 27.1 Å². The van der Waals surface area contributed by atoms with Crippen molar-refractivity contribution in [2.45, 2.75) is 31.9 Å². The van der Waals surface area contributed by atoms with E-state index >= 15 is 0 Å². The van der Waals surface area contributed by atoms with Crippen molar-refractivity contribution in [3.8, 4) is 24.7 Å². The van der Waals surface area contributed by atoms with Crippen LogP contribution in [0.4, 0.5) is 4.79 Å². The Balaban J connectivity index is 4.78. The summed E-state index contributed by atoms with van der Waals surface area (Å²) in [7, 11) is 0. The van der Waals surface area contributed by atoms with Crippen LogP contribution < -0.4 is 5.32 Å². The molecule has 6 heteroatoms. The molecule has 118 valence electrons. The molecule has 0 aromatic rings. The molecule has 0 saturated carbocycles. The SMILES string of the molecule is C#CCOCC(CO)(COCC#C)NC(=O)OC(C)(C)C. The van der Waals surface area contributed by atoms with Crippen molar-refractivity contribution < 1.29 is 24.1 Å². The molecule has 0 aliphatic rings. The summed E-state index contributed by atoms with van der Waals surface area (Å²) in [6.45, 7) is 4.82. The van der Waals surface area contributed by atoms with Gasteiger partial charge in [0.25, 0.3) is 0 Å². The first kappa shape index (κ1) is 19.3. The number of hydrogen-bond donors (Lipinski definition) is 2. The Morgan fingerprint density at radius 1 is 1.14 bits per heavy atom. The topological polar surface area (TPSA) is 77.0 Å². The fourth-order valence-electron chi connectivity index (χ4n) is 1.38. The van der Waals surface area contributed by atoms with Crippen molar-refractivity contribution in [3.63, 3.8) is 0 Å². The highest BCUT2D eigenvalue weighted by Crippen LogP contribution is 2.11. The molecule has 0 saturated heterocycles. The van der Waals surface area contributed by atoms with Gasteiger partial charge in [0.1, 0.15) is 24.4 Å². The fourth-order valence-corrected chi connectivity index (χ4v) is 1.38. The van der Waals surface area contributed by atoms with Gasteiger partial charge >= 0.3 is 6.09 Å². The van der Waals surface area contributed by atoms with Gasteiger partial charge < -0.3 is 24.6 Å². The number of aliphatic hydroxyl groups is 1. The molecule has 0 spiro atoms. The minimum absolute atomic E-state index is 0.0302. The van der Waals surface area contributed by atoms with Crippen LogP contribution >= 0.6 is 0 Å². The molecule has 0 aliphatic heterocycles. The summed E-state index contributed by atoms with van der Waals surface area (Å²) in [4.78, 5) is 11.9. The molecule has 21 heavy (non-hydrogen) atoms. The van der Waals surface area contributed by atoms with E-state index < -0.39 is 23.8 Å². The van der Waals surface area contributed by atoms with Crippen LogP contribution in [-0.4, -0.2) is 55.4 Å². The zero-order chi connectivity index (χ0) is 16.4. The minimum atomic E-state index is -1.17. The van der Waals surface area contributed by atoms with E-state index in [-0.39, 0.29) is 26.4 Å². The number of rotatable bonds is 8. The molecule has 2 N–H and O–H groups in total. The highest BCUT2D eigenvalue weighted by atomic mass is 16.6. The Morgan fingerprint density at radius 2 is 1.62 bits per heavy atom. The molecule has 6 nitrogen and oxygen atoms in total. The van der Waals surface area contributed by atoms with Crippen molar-refractivity contribution in [3.05, 3.63) is 0 Å². The van der Waals surface area contributed by atoms with Crippen molar-refractivity contribution in [1.29, 1.82) is 0 Å². The van der Waals surface area contributed by atoms with Gasteiger partial charge in [-0.2, -0.15) is 0 Å². The zero-order valence-electron chi connectivity index (χ0n) is 12.8. The van der Waals surface area contributed by atoms with Gasteiger partial charge in [0.15, 0.2) is 0 Å². The highest BCUT2D eigenvalue weighted by molar-refractivity contribution is 5.68. The van der Waals surface area contributed by atoms with E-state index in [9.17, 15) is 9.90 Å².